The smallest absolute Gasteiger partial charge is 0.337 e. The minimum absolute atomic E-state index is 0.196. The third-order valence-electron chi connectivity index (χ3n) is 2.53. The molecule has 1 aromatic rings. The molecule has 6 heteroatoms. The fraction of sp³-hybridized carbons (Fsp3) is 0.333. The van der Waals surface area contributed by atoms with Crippen LogP contribution in [0.5, 0.6) is 0 Å². The molecule has 1 aromatic carbocycles. The molecule has 0 aromatic heterocycles. The largest absolute Gasteiger partial charge is 0.465 e. The second-order valence-corrected chi connectivity index (χ2v) is 3.76. The van der Waals surface area contributed by atoms with Crippen LogP contribution in [0.4, 0.5) is 5.69 Å². The van der Waals surface area contributed by atoms with Gasteiger partial charge >= 0.3 is 5.97 Å². The van der Waals surface area contributed by atoms with E-state index in [9.17, 15) is 4.79 Å². The van der Waals surface area contributed by atoms with Gasteiger partial charge in [-0.1, -0.05) is 5.16 Å². The molecular weight excluding hydrogens is 234 g/mol. The molecule has 0 unspecified atom stereocenters. The molecule has 0 atom stereocenters. The minimum atomic E-state index is -0.372. The van der Waals surface area contributed by atoms with Crippen LogP contribution in [0.3, 0.4) is 0 Å². The Balaban J connectivity index is 2.76. The van der Waals surface area contributed by atoms with Crippen molar-refractivity contribution in [2.75, 3.05) is 32.1 Å². The summed E-state index contributed by atoms with van der Waals surface area (Å²) in [4.78, 5) is 13.1. The van der Waals surface area contributed by atoms with Gasteiger partial charge in [-0.2, -0.15) is 0 Å². The van der Waals surface area contributed by atoms with Gasteiger partial charge < -0.3 is 20.6 Å². The van der Waals surface area contributed by atoms with Gasteiger partial charge in [0.15, 0.2) is 0 Å². The van der Waals surface area contributed by atoms with Gasteiger partial charge in [-0.3, -0.25) is 0 Å². The van der Waals surface area contributed by atoms with Crippen LogP contribution in [0, 0.1) is 0 Å². The SMILES string of the molecule is COC(=O)c1ccc(N(C)CC(CN)=NO)cc1. The van der Waals surface area contributed by atoms with Gasteiger partial charge in [0.25, 0.3) is 0 Å². The minimum Gasteiger partial charge on any atom is -0.465 e. The Hall–Kier alpha value is -2.08. The van der Waals surface area contributed by atoms with Gasteiger partial charge in [-0.05, 0) is 24.3 Å². The van der Waals surface area contributed by atoms with Gasteiger partial charge in [0.2, 0.25) is 0 Å². The lowest BCUT2D eigenvalue weighted by molar-refractivity contribution is 0.0601. The summed E-state index contributed by atoms with van der Waals surface area (Å²) in [5.74, 6) is -0.372. The summed E-state index contributed by atoms with van der Waals surface area (Å²) in [6, 6.07) is 6.93. The van der Waals surface area contributed by atoms with E-state index in [1.54, 1.807) is 24.3 Å². The average Bonchev–Trinajstić information content (AvgIpc) is 2.43. The molecule has 0 saturated heterocycles. The molecule has 0 saturated carbocycles. The van der Waals surface area contributed by atoms with Gasteiger partial charge in [-0.25, -0.2) is 4.79 Å². The molecule has 0 spiro atoms. The number of nitrogens with zero attached hydrogens (tertiary/aromatic N) is 2. The Morgan fingerprint density at radius 3 is 2.50 bits per heavy atom. The summed E-state index contributed by atoms with van der Waals surface area (Å²) in [6.45, 7) is 0.617. The predicted molar refractivity (Wildman–Crippen MR) is 69.3 cm³/mol. The summed E-state index contributed by atoms with van der Waals surface area (Å²) >= 11 is 0. The maximum atomic E-state index is 11.3. The van der Waals surface area contributed by atoms with Crippen LogP contribution in [0.25, 0.3) is 0 Å². The van der Waals surface area contributed by atoms with Crippen LogP contribution >= 0.6 is 0 Å². The van der Waals surface area contributed by atoms with Crippen molar-refractivity contribution in [3.05, 3.63) is 29.8 Å². The lowest BCUT2D eigenvalue weighted by Gasteiger charge is -2.19. The van der Waals surface area contributed by atoms with E-state index in [1.165, 1.54) is 7.11 Å². The molecule has 6 nitrogen and oxygen atoms in total. The summed E-state index contributed by atoms with van der Waals surface area (Å²) in [7, 11) is 3.18. The van der Waals surface area contributed by atoms with Crippen molar-refractivity contribution in [3.8, 4) is 0 Å². The second-order valence-electron chi connectivity index (χ2n) is 3.76. The zero-order chi connectivity index (χ0) is 13.5. The molecule has 3 N–H and O–H groups in total. The molecule has 0 aliphatic rings. The molecule has 0 fully saturated rings. The highest BCUT2D eigenvalue weighted by Gasteiger charge is 2.08. The van der Waals surface area contributed by atoms with E-state index in [4.69, 9.17) is 10.9 Å². The third-order valence-corrected chi connectivity index (χ3v) is 2.53. The number of carbonyl (C=O) groups excluding carboxylic acids is 1. The zero-order valence-electron chi connectivity index (χ0n) is 10.5. The van der Waals surface area contributed by atoms with Crippen LogP contribution in [-0.2, 0) is 4.74 Å². The Bertz CT molecular complexity index is 429. The molecular formula is C12H17N3O3. The van der Waals surface area contributed by atoms with Crippen LogP contribution in [0.15, 0.2) is 29.4 Å². The highest BCUT2D eigenvalue weighted by atomic mass is 16.5. The molecule has 0 bridgehead atoms. The maximum absolute atomic E-state index is 11.3. The number of anilines is 1. The summed E-state index contributed by atoms with van der Waals surface area (Å²) in [5, 5.41) is 11.8. The van der Waals surface area contributed by atoms with Gasteiger partial charge in [0, 0.05) is 19.3 Å². The van der Waals surface area contributed by atoms with E-state index < -0.39 is 0 Å². The number of nitrogens with two attached hydrogens (primary N) is 1. The standard InChI is InChI=1S/C12H17N3O3/c1-15(8-10(7-13)14-17)11-5-3-9(4-6-11)12(16)18-2/h3-6,17H,7-8,13H2,1-2H3. The fourth-order valence-corrected chi connectivity index (χ4v) is 1.47. The van der Waals surface area contributed by atoms with Crippen molar-refractivity contribution in [3.63, 3.8) is 0 Å². The third kappa shape index (κ3) is 3.46. The first kappa shape index (κ1) is 14.0. The van der Waals surface area contributed by atoms with Crippen molar-refractivity contribution in [1.82, 2.24) is 0 Å². The first-order valence-electron chi connectivity index (χ1n) is 5.41. The molecule has 1 rings (SSSR count). The van der Waals surface area contributed by atoms with E-state index in [0.29, 0.717) is 17.8 Å². The number of carbonyl (C=O) groups is 1. The van der Waals surface area contributed by atoms with E-state index in [-0.39, 0.29) is 12.5 Å². The van der Waals surface area contributed by atoms with Crippen molar-refractivity contribution >= 4 is 17.4 Å². The number of methoxy groups -OCH3 is 1. The topological polar surface area (TPSA) is 88.2 Å². The normalized spacial score (nSPS) is 11.2. The van der Waals surface area contributed by atoms with Gasteiger partial charge in [0.1, 0.15) is 0 Å². The highest BCUT2D eigenvalue weighted by Crippen LogP contribution is 2.14. The molecule has 0 aliphatic carbocycles. The zero-order valence-corrected chi connectivity index (χ0v) is 10.5. The lowest BCUT2D eigenvalue weighted by Crippen LogP contribution is -2.30. The van der Waals surface area contributed by atoms with E-state index >= 15 is 0 Å². The Labute approximate surface area is 106 Å². The van der Waals surface area contributed by atoms with E-state index in [1.807, 2.05) is 11.9 Å². The maximum Gasteiger partial charge on any atom is 0.337 e. The summed E-state index contributed by atoms with van der Waals surface area (Å²) < 4.78 is 4.61. The first-order valence-corrected chi connectivity index (χ1v) is 5.41. The number of esters is 1. The Morgan fingerprint density at radius 1 is 1.44 bits per heavy atom. The number of hydrogen-bond donors (Lipinski definition) is 2. The summed E-state index contributed by atoms with van der Waals surface area (Å²) in [6.07, 6.45) is 0. The molecule has 0 heterocycles. The Kier molecular flexibility index (Phi) is 5.13. The molecule has 0 amide bonds. The second kappa shape index (κ2) is 6.61. The number of hydrogen-bond acceptors (Lipinski definition) is 6. The number of oxime groups is 1. The van der Waals surface area contributed by atoms with Crippen molar-refractivity contribution < 1.29 is 14.7 Å². The van der Waals surface area contributed by atoms with Gasteiger partial charge in [0.05, 0.1) is 24.9 Å². The summed E-state index contributed by atoms with van der Waals surface area (Å²) in [5.41, 5.74) is 7.27. The molecule has 98 valence electrons. The van der Waals surface area contributed by atoms with Crippen molar-refractivity contribution in [2.45, 2.75) is 0 Å². The molecule has 0 radical (unpaired) electrons. The number of benzene rings is 1. The van der Waals surface area contributed by atoms with E-state index in [0.717, 1.165) is 5.69 Å². The van der Waals surface area contributed by atoms with Crippen LogP contribution in [0.2, 0.25) is 0 Å². The van der Waals surface area contributed by atoms with Crippen molar-refractivity contribution in [1.29, 1.82) is 0 Å². The van der Waals surface area contributed by atoms with Crippen LogP contribution in [-0.4, -0.2) is 44.1 Å². The first-order chi connectivity index (χ1) is 8.62. The monoisotopic (exact) mass is 251 g/mol. The van der Waals surface area contributed by atoms with Crippen LogP contribution in [0.1, 0.15) is 10.4 Å². The lowest BCUT2D eigenvalue weighted by atomic mass is 10.2. The van der Waals surface area contributed by atoms with Crippen molar-refractivity contribution in [2.24, 2.45) is 10.9 Å². The predicted octanol–water partition coefficient (Wildman–Crippen LogP) is 0.698. The fourth-order valence-electron chi connectivity index (χ4n) is 1.47. The Morgan fingerprint density at radius 2 is 2.06 bits per heavy atom. The van der Waals surface area contributed by atoms with Crippen LogP contribution < -0.4 is 10.6 Å². The quantitative estimate of drug-likeness (QED) is 0.348. The van der Waals surface area contributed by atoms with E-state index in [2.05, 4.69) is 9.89 Å². The van der Waals surface area contributed by atoms with Gasteiger partial charge in [-0.15, -0.1) is 0 Å². The number of rotatable bonds is 5. The molecule has 18 heavy (non-hydrogen) atoms. The highest BCUT2D eigenvalue weighted by molar-refractivity contribution is 5.91. The molecule has 0 aliphatic heterocycles. The number of ether oxygens (including phenoxy) is 1. The average molecular weight is 251 g/mol.